The summed E-state index contributed by atoms with van der Waals surface area (Å²) in [5.41, 5.74) is 2.46. The molecule has 0 radical (unpaired) electrons. The van der Waals surface area contributed by atoms with Crippen LogP contribution in [0.15, 0.2) is 29.0 Å². The Morgan fingerprint density at radius 1 is 1.27 bits per heavy atom. The van der Waals surface area contributed by atoms with Gasteiger partial charge in [-0.25, -0.2) is 0 Å². The van der Waals surface area contributed by atoms with E-state index in [0.29, 0.717) is 0 Å². The zero-order valence-electron chi connectivity index (χ0n) is 6.20. The molecule has 0 aromatic rings. The molecule has 2 rings (SSSR count). The second-order valence-electron chi connectivity index (χ2n) is 2.33. The van der Waals surface area contributed by atoms with E-state index in [1.54, 1.807) is 18.4 Å². The average molecular weight is 164 g/mol. The molecule has 0 spiro atoms. The quantitative estimate of drug-likeness (QED) is 0.629. The highest BCUT2D eigenvalue weighted by Gasteiger charge is 2.06. The first kappa shape index (κ1) is 6.68. The fraction of sp³-hybridized carbons (Fsp3) is 0.111. The van der Waals surface area contributed by atoms with Crippen LogP contribution in [0.2, 0.25) is 0 Å². The molecule has 11 heavy (non-hydrogen) atoms. The molecule has 0 unspecified atom stereocenters. The summed E-state index contributed by atoms with van der Waals surface area (Å²) in [6.07, 6.45) is 0. The number of methoxy groups -OCH3 is 1. The van der Waals surface area contributed by atoms with Gasteiger partial charge in [0.05, 0.1) is 7.11 Å². The van der Waals surface area contributed by atoms with Gasteiger partial charge in [0, 0.05) is 10.9 Å². The molecule has 0 saturated carbocycles. The average Bonchev–Trinajstić information content (AvgIpc) is 2.50. The van der Waals surface area contributed by atoms with Crippen LogP contribution in [0.1, 0.15) is 0 Å². The van der Waals surface area contributed by atoms with Gasteiger partial charge in [0.1, 0.15) is 5.75 Å². The minimum atomic E-state index is 0.970. The van der Waals surface area contributed by atoms with E-state index >= 15 is 0 Å². The lowest BCUT2D eigenvalue weighted by Crippen LogP contribution is -1.83. The fourth-order valence-corrected chi connectivity index (χ4v) is 1.92. The van der Waals surface area contributed by atoms with E-state index in [9.17, 15) is 0 Å². The fourth-order valence-electron chi connectivity index (χ4n) is 1.15. The summed E-state index contributed by atoms with van der Waals surface area (Å²) in [5, 5.41) is 4.14. The molecule has 0 aromatic heterocycles. The third-order valence-corrected chi connectivity index (χ3v) is 2.45. The molecule has 1 aliphatic carbocycles. The highest BCUT2D eigenvalue weighted by Crippen LogP contribution is 2.33. The maximum Gasteiger partial charge on any atom is 0.136 e. The van der Waals surface area contributed by atoms with Gasteiger partial charge in [0.2, 0.25) is 0 Å². The largest absolute Gasteiger partial charge is 0.495 e. The summed E-state index contributed by atoms with van der Waals surface area (Å²) in [5.74, 6) is 0.970. The summed E-state index contributed by atoms with van der Waals surface area (Å²) < 4.78 is 5.20. The summed E-state index contributed by atoms with van der Waals surface area (Å²) in [6.45, 7) is 0. The van der Waals surface area contributed by atoms with Crippen LogP contribution in [0.4, 0.5) is 0 Å². The molecule has 56 valence electrons. The molecular formula is C9H8OS. The number of hydrogen-bond donors (Lipinski definition) is 0. The topological polar surface area (TPSA) is 9.23 Å². The van der Waals surface area contributed by atoms with Crippen molar-refractivity contribution in [3.8, 4) is 16.9 Å². The van der Waals surface area contributed by atoms with Gasteiger partial charge >= 0.3 is 0 Å². The Morgan fingerprint density at radius 3 is 3.00 bits per heavy atom. The van der Waals surface area contributed by atoms with Crippen molar-refractivity contribution >= 4 is 11.3 Å². The van der Waals surface area contributed by atoms with Crippen molar-refractivity contribution in [2.45, 2.75) is 0 Å². The van der Waals surface area contributed by atoms with Gasteiger partial charge in [0.25, 0.3) is 0 Å². The van der Waals surface area contributed by atoms with Crippen LogP contribution >= 0.6 is 11.3 Å². The zero-order valence-corrected chi connectivity index (χ0v) is 7.02. The third kappa shape index (κ3) is 0.994. The first-order valence-electron chi connectivity index (χ1n) is 3.41. The normalized spacial score (nSPS) is 10.3. The Balaban J connectivity index is 2.66. The summed E-state index contributed by atoms with van der Waals surface area (Å²) in [7, 11) is 1.70. The van der Waals surface area contributed by atoms with E-state index < -0.39 is 0 Å². The molecule has 0 atom stereocenters. The summed E-state index contributed by atoms with van der Waals surface area (Å²) >= 11 is 1.66. The molecule has 1 heterocycles. The molecule has 0 amide bonds. The molecular weight excluding hydrogens is 156 g/mol. The van der Waals surface area contributed by atoms with E-state index in [2.05, 4.69) is 17.5 Å². The van der Waals surface area contributed by atoms with Crippen LogP contribution in [-0.2, 0) is 0 Å². The van der Waals surface area contributed by atoms with E-state index in [-0.39, 0.29) is 0 Å². The van der Waals surface area contributed by atoms with E-state index in [4.69, 9.17) is 4.74 Å². The lowest BCUT2D eigenvalue weighted by Gasteiger charge is -2.04. The van der Waals surface area contributed by atoms with Crippen LogP contribution < -0.4 is 4.74 Å². The summed E-state index contributed by atoms with van der Waals surface area (Å²) in [6, 6.07) is 6.20. The Kier molecular flexibility index (Phi) is 1.55. The summed E-state index contributed by atoms with van der Waals surface area (Å²) in [4.78, 5) is 0. The minimum Gasteiger partial charge on any atom is -0.495 e. The maximum absolute atomic E-state index is 5.20. The Labute approximate surface area is 69.6 Å². The first-order chi connectivity index (χ1) is 5.42. The zero-order chi connectivity index (χ0) is 7.68. The van der Waals surface area contributed by atoms with Crippen LogP contribution in [-0.4, -0.2) is 7.11 Å². The van der Waals surface area contributed by atoms with E-state index in [0.717, 1.165) is 5.75 Å². The van der Waals surface area contributed by atoms with Crippen LogP contribution in [0.25, 0.3) is 11.1 Å². The van der Waals surface area contributed by atoms with Gasteiger partial charge in [-0.15, -0.1) is 11.3 Å². The van der Waals surface area contributed by atoms with Crippen LogP contribution in [0.5, 0.6) is 5.75 Å². The van der Waals surface area contributed by atoms with Crippen molar-refractivity contribution in [3.63, 3.8) is 0 Å². The molecule has 0 saturated heterocycles. The van der Waals surface area contributed by atoms with Crippen molar-refractivity contribution in [1.29, 1.82) is 0 Å². The maximum atomic E-state index is 5.20. The van der Waals surface area contributed by atoms with Gasteiger partial charge in [-0.2, -0.15) is 0 Å². The van der Waals surface area contributed by atoms with Gasteiger partial charge in [-0.1, -0.05) is 18.2 Å². The lowest BCUT2D eigenvalue weighted by atomic mass is 10.2. The Hall–Kier alpha value is -1.02. The van der Waals surface area contributed by atoms with Gasteiger partial charge in [-0.3, -0.25) is 0 Å². The van der Waals surface area contributed by atoms with E-state index in [1.807, 2.05) is 11.4 Å². The van der Waals surface area contributed by atoms with Crippen molar-refractivity contribution < 1.29 is 4.74 Å². The van der Waals surface area contributed by atoms with Gasteiger partial charge in [-0.05, 0) is 10.9 Å². The smallest absolute Gasteiger partial charge is 0.136 e. The first-order valence-corrected chi connectivity index (χ1v) is 4.35. The number of hydrogen-bond acceptors (Lipinski definition) is 2. The second-order valence-corrected chi connectivity index (χ2v) is 3.08. The molecule has 0 N–H and O–H groups in total. The van der Waals surface area contributed by atoms with Crippen molar-refractivity contribution in [3.05, 3.63) is 29.0 Å². The van der Waals surface area contributed by atoms with Crippen molar-refractivity contribution in [1.82, 2.24) is 0 Å². The molecule has 0 fully saturated rings. The predicted octanol–water partition coefficient (Wildman–Crippen LogP) is 2.86. The Morgan fingerprint density at radius 2 is 2.18 bits per heavy atom. The molecule has 1 nitrogen and oxygen atoms in total. The van der Waals surface area contributed by atoms with Gasteiger partial charge in [0.15, 0.2) is 0 Å². The Bertz CT molecular complexity index is 326. The molecule has 2 heteroatoms. The highest BCUT2D eigenvalue weighted by molar-refractivity contribution is 7.08. The minimum absolute atomic E-state index is 0.970. The van der Waals surface area contributed by atoms with Crippen LogP contribution in [0.3, 0.4) is 0 Å². The van der Waals surface area contributed by atoms with Crippen molar-refractivity contribution in [2.75, 3.05) is 7.11 Å². The molecule has 1 aliphatic heterocycles. The SMILES string of the molecule is COc1cscc2cccc1-2. The van der Waals surface area contributed by atoms with E-state index in [1.165, 1.54) is 11.1 Å². The van der Waals surface area contributed by atoms with Crippen LogP contribution in [0, 0.1) is 0 Å². The molecule has 0 aromatic carbocycles. The molecule has 2 aliphatic rings. The van der Waals surface area contributed by atoms with Crippen molar-refractivity contribution in [2.24, 2.45) is 0 Å². The molecule has 0 bridgehead atoms. The predicted molar refractivity (Wildman–Crippen MR) is 47.5 cm³/mol. The lowest BCUT2D eigenvalue weighted by molar-refractivity contribution is 0.418. The number of rotatable bonds is 1. The third-order valence-electron chi connectivity index (χ3n) is 1.71. The highest BCUT2D eigenvalue weighted by atomic mass is 32.1. The second kappa shape index (κ2) is 2.55. The monoisotopic (exact) mass is 164 g/mol. The standard InChI is InChI=1S/C9H8OS/c1-10-9-6-11-5-7-3-2-4-8(7)9/h2-6H,1H3. The number of fused-ring (bicyclic) bond motifs is 1. The number of ether oxygens (including phenoxy) is 1. The van der Waals surface area contributed by atoms with Gasteiger partial charge < -0.3 is 4.74 Å².